The number of aromatic nitrogens is 2. The average molecular weight is 362 g/mol. The van der Waals surface area contributed by atoms with Crippen molar-refractivity contribution in [1.29, 1.82) is 0 Å². The molecule has 0 saturated heterocycles. The SMILES string of the molecule is O=Cc1nc2ccccc2s1.[CH2-]CCC.[Li+].c1ccc2scnc2c1. The minimum Gasteiger partial charge on any atom is -0.343 e. The number of fused-ring (bicyclic) bond motifs is 2. The number of rotatable bonds is 2. The largest absolute Gasteiger partial charge is 1.00 e. The molecule has 124 valence electrons. The van der Waals surface area contributed by atoms with E-state index in [1.807, 2.05) is 48.0 Å². The summed E-state index contributed by atoms with van der Waals surface area (Å²) in [7, 11) is 0. The Kier molecular flexibility index (Phi) is 10.3. The van der Waals surface area contributed by atoms with Crippen LogP contribution < -0.4 is 18.9 Å². The summed E-state index contributed by atoms with van der Waals surface area (Å²) in [6, 6.07) is 15.8. The van der Waals surface area contributed by atoms with Crippen LogP contribution in [-0.4, -0.2) is 16.3 Å². The van der Waals surface area contributed by atoms with Crippen LogP contribution in [0.1, 0.15) is 29.6 Å². The van der Waals surface area contributed by atoms with Crippen molar-refractivity contribution in [3.05, 3.63) is 66.0 Å². The van der Waals surface area contributed by atoms with Gasteiger partial charge in [0.2, 0.25) is 0 Å². The maximum Gasteiger partial charge on any atom is 1.00 e. The zero-order valence-electron chi connectivity index (χ0n) is 14.5. The number of carbonyl (C=O) groups excluding carboxylic acids is 1. The van der Waals surface area contributed by atoms with Gasteiger partial charge >= 0.3 is 18.9 Å². The Hall–Kier alpha value is -1.51. The maximum atomic E-state index is 10.3. The molecule has 0 aliphatic carbocycles. The van der Waals surface area contributed by atoms with E-state index in [2.05, 4.69) is 29.9 Å². The number of unbranched alkanes of at least 4 members (excludes halogenated alkanes) is 1. The number of para-hydroxylation sites is 2. The maximum absolute atomic E-state index is 10.3. The summed E-state index contributed by atoms with van der Waals surface area (Å²) in [4.78, 5) is 18.5. The van der Waals surface area contributed by atoms with Crippen molar-refractivity contribution in [2.75, 3.05) is 0 Å². The Morgan fingerprint density at radius 1 is 1.04 bits per heavy atom. The van der Waals surface area contributed by atoms with Crippen molar-refractivity contribution in [2.24, 2.45) is 0 Å². The van der Waals surface area contributed by atoms with Gasteiger partial charge in [-0.3, -0.25) is 4.79 Å². The third-order valence-corrected chi connectivity index (χ3v) is 4.77. The Morgan fingerprint density at radius 3 is 2.20 bits per heavy atom. The summed E-state index contributed by atoms with van der Waals surface area (Å²) in [6.45, 7) is 5.72. The quantitative estimate of drug-likeness (QED) is 0.313. The standard InChI is InChI=1S/C8H5NOS.C7H5NS.C4H9.Li/c10-5-8-9-6-3-1-2-4-7(6)11-8;1-2-4-7-6(3-1)8-5-9-7;1-3-4-2;/h1-5H;1-5H;1,3-4H2,2H3;/q;;-1;+1. The van der Waals surface area contributed by atoms with Gasteiger partial charge in [-0.15, -0.1) is 22.7 Å². The van der Waals surface area contributed by atoms with Crippen LogP contribution in [0.15, 0.2) is 54.0 Å². The minimum absolute atomic E-state index is 0. The first-order valence-corrected chi connectivity index (χ1v) is 9.36. The van der Waals surface area contributed by atoms with E-state index >= 15 is 0 Å². The summed E-state index contributed by atoms with van der Waals surface area (Å²) in [5.74, 6) is 0. The summed E-state index contributed by atoms with van der Waals surface area (Å²) in [5.41, 5.74) is 3.87. The van der Waals surface area contributed by atoms with Gasteiger partial charge in [-0.1, -0.05) is 37.6 Å². The predicted molar refractivity (Wildman–Crippen MR) is 105 cm³/mol. The van der Waals surface area contributed by atoms with Crippen molar-refractivity contribution < 1.29 is 23.7 Å². The average Bonchev–Trinajstić information content (AvgIpc) is 3.28. The Bertz CT molecular complexity index is 824. The molecular weight excluding hydrogens is 343 g/mol. The second-order valence-corrected chi connectivity index (χ2v) is 6.76. The fourth-order valence-electron chi connectivity index (χ4n) is 1.74. The van der Waals surface area contributed by atoms with Gasteiger partial charge in [-0.2, -0.15) is 6.42 Å². The third-order valence-electron chi connectivity index (χ3n) is 3.00. The number of thiazole rings is 2. The Morgan fingerprint density at radius 2 is 1.64 bits per heavy atom. The first-order valence-electron chi connectivity index (χ1n) is 7.66. The van der Waals surface area contributed by atoms with E-state index in [0.29, 0.717) is 5.01 Å². The van der Waals surface area contributed by atoms with Gasteiger partial charge in [-0.25, -0.2) is 9.97 Å². The van der Waals surface area contributed by atoms with Crippen LogP contribution in [0.4, 0.5) is 0 Å². The first kappa shape index (κ1) is 21.5. The van der Waals surface area contributed by atoms with E-state index in [1.165, 1.54) is 22.5 Å². The monoisotopic (exact) mass is 362 g/mol. The molecule has 2 heterocycles. The molecule has 0 saturated carbocycles. The van der Waals surface area contributed by atoms with Crippen molar-refractivity contribution >= 4 is 49.4 Å². The van der Waals surface area contributed by atoms with E-state index in [-0.39, 0.29) is 18.9 Å². The molecule has 0 atom stereocenters. The van der Waals surface area contributed by atoms with Crippen molar-refractivity contribution in [3.8, 4) is 0 Å². The number of hydrogen-bond acceptors (Lipinski definition) is 5. The molecule has 2 aromatic carbocycles. The van der Waals surface area contributed by atoms with E-state index < -0.39 is 0 Å². The Balaban J connectivity index is 0.000000203. The third kappa shape index (κ3) is 6.72. The molecule has 0 fully saturated rings. The van der Waals surface area contributed by atoms with Gasteiger partial charge in [0.15, 0.2) is 11.3 Å². The van der Waals surface area contributed by atoms with Crippen LogP contribution in [0, 0.1) is 6.92 Å². The molecule has 0 amide bonds. The number of nitrogens with zero attached hydrogens (tertiary/aromatic N) is 2. The van der Waals surface area contributed by atoms with Gasteiger partial charge in [0.1, 0.15) is 0 Å². The molecule has 4 aromatic rings. The molecule has 0 spiro atoms. The predicted octanol–water partition coefficient (Wildman–Crippen LogP) is 3.03. The molecule has 0 aliphatic heterocycles. The second-order valence-electron chi connectivity index (χ2n) is 4.81. The molecule has 0 unspecified atom stereocenters. The summed E-state index contributed by atoms with van der Waals surface area (Å²) < 4.78 is 2.33. The number of benzene rings is 2. The smallest absolute Gasteiger partial charge is 0.343 e. The fourth-order valence-corrected chi connectivity index (χ4v) is 3.20. The second kappa shape index (κ2) is 11.9. The van der Waals surface area contributed by atoms with E-state index in [4.69, 9.17) is 0 Å². The zero-order valence-corrected chi connectivity index (χ0v) is 16.1. The molecule has 4 rings (SSSR count). The van der Waals surface area contributed by atoms with Gasteiger partial charge in [0.25, 0.3) is 0 Å². The molecule has 6 heteroatoms. The van der Waals surface area contributed by atoms with Crippen molar-refractivity contribution in [2.45, 2.75) is 19.8 Å². The van der Waals surface area contributed by atoms with E-state index in [0.717, 1.165) is 28.4 Å². The molecule has 0 bridgehead atoms. The Labute approximate surface area is 168 Å². The minimum atomic E-state index is 0. The fraction of sp³-hybridized carbons (Fsp3) is 0.158. The van der Waals surface area contributed by atoms with Gasteiger partial charge in [-0.05, 0) is 24.3 Å². The van der Waals surface area contributed by atoms with Gasteiger partial charge in [0, 0.05) is 0 Å². The van der Waals surface area contributed by atoms with Crippen LogP contribution in [0.3, 0.4) is 0 Å². The molecule has 3 nitrogen and oxygen atoms in total. The molecule has 25 heavy (non-hydrogen) atoms. The van der Waals surface area contributed by atoms with Crippen molar-refractivity contribution in [3.63, 3.8) is 0 Å². The topological polar surface area (TPSA) is 42.9 Å². The van der Waals surface area contributed by atoms with Crippen LogP contribution in [-0.2, 0) is 0 Å². The molecule has 0 N–H and O–H groups in total. The number of hydrogen-bond donors (Lipinski definition) is 0. The van der Waals surface area contributed by atoms with Crippen molar-refractivity contribution in [1.82, 2.24) is 9.97 Å². The van der Waals surface area contributed by atoms with Gasteiger partial charge in [0.05, 0.1) is 25.9 Å². The number of carbonyl (C=O) groups is 1. The van der Waals surface area contributed by atoms with Gasteiger partial charge < -0.3 is 6.92 Å². The summed E-state index contributed by atoms with van der Waals surface area (Å²) in [5, 5.41) is 0.547. The molecule has 0 aliphatic rings. The molecule has 0 radical (unpaired) electrons. The molecule has 2 aromatic heterocycles. The van der Waals surface area contributed by atoms with Crippen LogP contribution in [0.5, 0.6) is 0 Å². The zero-order chi connectivity index (χ0) is 17.2. The number of aldehydes is 1. The normalized spacial score (nSPS) is 9.36. The summed E-state index contributed by atoms with van der Waals surface area (Å²) in [6.07, 6.45) is 3.06. The van der Waals surface area contributed by atoms with E-state index in [9.17, 15) is 4.79 Å². The van der Waals surface area contributed by atoms with E-state index in [1.54, 1.807) is 11.3 Å². The van der Waals surface area contributed by atoms with Crippen LogP contribution in [0.25, 0.3) is 20.4 Å². The summed E-state index contributed by atoms with van der Waals surface area (Å²) >= 11 is 3.09. The first-order chi connectivity index (χ1) is 11.8. The van der Waals surface area contributed by atoms with Crippen LogP contribution in [0.2, 0.25) is 0 Å². The van der Waals surface area contributed by atoms with Crippen LogP contribution >= 0.6 is 22.7 Å². The molecular formula is C19H19LiN2OS2.